The summed E-state index contributed by atoms with van der Waals surface area (Å²) in [6, 6.07) is 10.1. The van der Waals surface area contributed by atoms with Crippen molar-refractivity contribution in [3.05, 3.63) is 64.4 Å². The highest BCUT2D eigenvalue weighted by atomic mass is 35.5. The molecule has 0 spiro atoms. The number of amides is 1. The third-order valence-electron chi connectivity index (χ3n) is 3.02. The Bertz CT molecular complexity index is 732. The molecule has 1 amide bonds. The molecule has 0 fully saturated rings. The lowest BCUT2D eigenvalue weighted by atomic mass is 10.1. The highest BCUT2D eigenvalue weighted by molar-refractivity contribution is 6.33. The van der Waals surface area contributed by atoms with E-state index >= 15 is 0 Å². The summed E-state index contributed by atoms with van der Waals surface area (Å²) < 4.78 is 13.3. The fourth-order valence-electron chi connectivity index (χ4n) is 1.89. The van der Waals surface area contributed by atoms with Gasteiger partial charge in [-0.25, -0.2) is 9.82 Å². The number of rotatable bonds is 4. The minimum absolute atomic E-state index is 0.103. The highest BCUT2D eigenvalue weighted by Gasteiger charge is 2.12. The number of hydrazone groups is 1. The van der Waals surface area contributed by atoms with Crippen molar-refractivity contribution < 1.29 is 14.3 Å². The highest BCUT2D eigenvalue weighted by Crippen LogP contribution is 2.20. The third kappa shape index (κ3) is 3.62. The average molecular weight is 321 g/mol. The monoisotopic (exact) mass is 320 g/mol. The molecule has 0 aliphatic rings. The van der Waals surface area contributed by atoms with E-state index in [1.165, 1.54) is 12.1 Å². The second-order valence-electron chi connectivity index (χ2n) is 4.49. The summed E-state index contributed by atoms with van der Waals surface area (Å²) in [6.07, 6.45) is 0.403. The number of phenolic OH excluding ortho intramolecular Hbond substituents is 1. The van der Waals surface area contributed by atoms with Crippen molar-refractivity contribution in [2.24, 2.45) is 5.10 Å². The second kappa shape index (κ2) is 7.04. The molecule has 0 radical (unpaired) electrons. The molecule has 2 aromatic rings. The van der Waals surface area contributed by atoms with Gasteiger partial charge < -0.3 is 5.11 Å². The molecule has 0 unspecified atom stereocenters. The maximum atomic E-state index is 13.3. The summed E-state index contributed by atoms with van der Waals surface area (Å²) in [5.41, 5.74) is 3.25. The first-order chi connectivity index (χ1) is 10.5. The van der Waals surface area contributed by atoms with E-state index in [9.17, 15) is 14.3 Å². The molecule has 0 aromatic heterocycles. The van der Waals surface area contributed by atoms with E-state index in [0.29, 0.717) is 17.2 Å². The van der Waals surface area contributed by atoms with E-state index in [-0.39, 0.29) is 16.9 Å². The van der Waals surface area contributed by atoms with Crippen molar-refractivity contribution >= 4 is 23.2 Å². The first-order valence-electron chi connectivity index (χ1n) is 6.63. The molecule has 0 bridgehead atoms. The molecule has 0 aliphatic heterocycles. The Hall–Kier alpha value is -2.40. The Labute approximate surface area is 132 Å². The van der Waals surface area contributed by atoms with Crippen molar-refractivity contribution in [3.8, 4) is 5.75 Å². The van der Waals surface area contributed by atoms with E-state index in [1.54, 1.807) is 31.2 Å². The molecule has 22 heavy (non-hydrogen) atoms. The van der Waals surface area contributed by atoms with Crippen molar-refractivity contribution in [3.63, 3.8) is 0 Å². The zero-order valence-corrected chi connectivity index (χ0v) is 12.6. The lowest BCUT2D eigenvalue weighted by Crippen LogP contribution is -2.20. The van der Waals surface area contributed by atoms with Gasteiger partial charge in [0.2, 0.25) is 0 Å². The Morgan fingerprint density at radius 1 is 1.27 bits per heavy atom. The molecular formula is C16H14ClFN2O2. The van der Waals surface area contributed by atoms with Gasteiger partial charge in [0.25, 0.3) is 5.91 Å². The standard InChI is InChI=1S/C16H14ClFN2O2/c1-2-14(12-9-10(18)7-8-15(12)21)19-20-16(22)11-5-3-4-6-13(11)17/h3-9,21H,2H2,1H3,(H,20,22)/b19-14+. The lowest BCUT2D eigenvalue weighted by molar-refractivity contribution is 0.0955. The van der Waals surface area contributed by atoms with E-state index in [1.807, 2.05) is 0 Å². The molecule has 114 valence electrons. The molecule has 0 saturated heterocycles. The van der Waals surface area contributed by atoms with Crippen LogP contribution in [-0.4, -0.2) is 16.7 Å². The van der Waals surface area contributed by atoms with Crippen molar-refractivity contribution in [1.29, 1.82) is 0 Å². The number of nitrogens with zero attached hydrogens (tertiary/aromatic N) is 1. The molecule has 6 heteroatoms. The van der Waals surface area contributed by atoms with Gasteiger partial charge in [-0.15, -0.1) is 0 Å². The van der Waals surface area contributed by atoms with Gasteiger partial charge in [0.1, 0.15) is 11.6 Å². The van der Waals surface area contributed by atoms with Gasteiger partial charge in [-0.05, 0) is 36.8 Å². The molecule has 2 aromatic carbocycles. The number of aromatic hydroxyl groups is 1. The first-order valence-corrected chi connectivity index (χ1v) is 7.01. The summed E-state index contributed by atoms with van der Waals surface area (Å²) >= 11 is 5.93. The average Bonchev–Trinajstić information content (AvgIpc) is 2.51. The quantitative estimate of drug-likeness (QED) is 0.666. The number of hydrogen-bond acceptors (Lipinski definition) is 3. The Morgan fingerprint density at radius 2 is 2.00 bits per heavy atom. The minimum Gasteiger partial charge on any atom is -0.507 e. The molecule has 0 heterocycles. The topological polar surface area (TPSA) is 61.7 Å². The normalized spacial score (nSPS) is 11.3. The van der Waals surface area contributed by atoms with Crippen LogP contribution in [0, 0.1) is 5.82 Å². The summed E-state index contributed by atoms with van der Waals surface area (Å²) in [5, 5.41) is 14.1. The predicted molar refractivity (Wildman–Crippen MR) is 83.8 cm³/mol. The Balaban J connectivity index is 2.25. The van der Waals surface area contributed by atoms with Crippen molar-refractivity contribution in [1.82, 2.24) is 5.43 Å². The van der Waals surface area contributed by atoms with Crippen molar-refractivity contribution in [2.45, 2.75) is 13.3 Å². The van der Waals surface area contributed by atoms with Gasteiger partial charge in [-0.2, -0.15) is 5.10 Å². The van der Waals surface area contributed by atoms with E-state index in [4.69, 9.17) is 11.6 Å². The molecule has 0 saturated carbocycles. The Kier molecular flexibility index (Phi) is 5.12. The van der Waals surface area contributed by atoms with Crippen LogP contribution in [0.25, 0.3) is 0 Å². The van der Waals surface area contributed by atoms with Crippen LogP contribution in [0.2, 0.25) is 5.02 Å². The molecule has 0 atom stereocenters. The summed E-state index contributed by atoms with van der Waals surface area (Å²) in [5.74, 6) is -1.08. The zero-order chi connectivity index (χ0) is 16.1. The number of hydrogen-bond donors (Lipinski definition) is 2. The zero-order valence-electron chi connectivity index (χ0n) is 11.8. The molecule has 4 nitrogen and oxygen atoms in total. The number of phenols is 1. The van der Waals surface area contributed by atoms with Crippen LogP contribution in [0.4, 0.5) is 4.39 Å². The van der Waals surface area contributed by atoms with Gasteiger partial charge in [0.05, 0.1) is 16.3 Å². The van der Waals surface area contributed by atoms with Crippen LogP contribution in [-0.2, 0) is 0 Å². The molecule has 2 N–H and O–H groups in total. The predicted octanol–water partition coefficient (Wildman–Crippen LogP) is 3.73. The number of nitrogens with one attached hydrogen (secondary N) is 1. The second-order valence-corrected chi connectivity index (χ2v) is 4.90. The van der Waals surface area contributed by atoms with Crippen LogP contribution >= 0.6 is 11.6 Å². The number of carbonyl (C=O) groups excluding carboxylic acids is 1. The SMILES string of the molecule is CC/C(=N\NC(=O)c1ccccc1Cl)c1cc(F)ccc1O. The third-order valence-corrected chi connectivity index (χ3v) is 3.34. The maximum absolute atomic E-state index is 13.3. The maximum Gasteiger partial charge on any atom is 0.272 e. The van der Waals surface area contributed by atoms with Gasteiger partial charge in [0, 0.05) is 5.56 Å². The van der Waals surface area contributed by atoms with Crippen LogP contribution in [0.5, 0.6) is 5.75 Å². The number of carbonyl (C=O) groups is 1. The first kappa shape index (κ1) is 16.0. The number of benzene rings is 2. The summed E-state index contributed by atoms with van der Waals surface area (Å²) in [7, 11) is 0. The van der Waals surface area contributed by atoms with Crippen LogP contribution in [0.3, 0.4) is 0 Å². The minimum atomic E-state index is -0.494. The van der Waals surface area contributed by atoms with Gasteiger partial charge in [-0.1, -0.05) is 30.7 Å². The smallest absolute Gasteiger partial charge is 0.272 e. The van der Waals surface area contributed by atoms with Crippen LogP contribution in [0.15, 0.2) is 47.6 Å². The van der Waals surface area contributed by atoms with Crippen LogP contribution in [0.1, 0.15) is 29.3 Å². The van der Waals surface area contributed by atoms with Crippen LogP contribution < -0.4 is 5.43 Å². The van der Waals surface area contributed by atoms with E-state index < -0.39 is 11.7 Å². The molecular weight excluding hydrogens is 307 g/mol. The van der Waals surface area contributed by atoms with Gasteiger partial charge in [-0.3, -0.25) is 4.79 Å². The fraction of sp³-hybridized carbons (Fsp3) is 0.125. The largest absolute Gasteiger partial charge is 0.507 e. The summed E-state index contributed by atoms with van der Waals surface area (Å²) in [4.78, 5) is 12.0. The van der Waals surface area contributed by atoms with E-state index in [0.717, 1.165) is 6.07 Å². The molecule has 2 rings (SSSR count). The van der Waals surface area contributed by atoms with E-state index in [2.05, 4.69) is 10.5 Å². The fourth-order valence-corrected chi connectivity index (χ4v) is 2.11. The van der Waals surface area contributed by atoms with Gasteiger partial charge in [0.15, 0.2) is 0 Å². The van der Waals surface area contributed by atoms with Gasteiger partial charge >= 0.3 is 0 Å². The number of halogens is 2. The lowest BCUT2D eigenvalue weighted by Gasteiger charge is -2.08. The molecule has 0 aliphatic carbocycles. The summed E-state index contributed by atoms with van der Waals surface area (Å²) in [6.45, 7) is 1.78. The van der Waals surface area contributed by atoms with Crippen molar-refractivity contribution in [2.75, 3.05) is 0 Å². The Morgan fingerprint density at radius 3 is 2.68 bits per heavy atom.